The Bertz CT molecular complexity index is 637. The van der Waals surface area contributed by atoms with Crippen LogP contribution in [0.2, 0.25) is 0 Å². The molecule has 4 saturated carbocycles. The Morgan fingerprint density at radius 1 is 0.931 bits per heavy atom. The summed E-state index contributed by atoms with van der Waals surface area (Å²) < 4.78 is 0. The van der Waals surface area contributed by atoms with Crippen molar-refractivity contribution in [2.24, 2.45) is 46.3 Å². The number of aliphatic hydroxyl groups is 3. The van der Waals surface area contributed by atoms with E-state index in [4.69, 9.17) is 5.11 Å². The van der Waals surface area contributed by atoms with E-state index in [9.17, 15) is 20.1 Å². The van der Waals surface area contributed by atoms with Gasteiger partial charge in [-0.25, -0.2) is 0 Å². The van der Waals surface area contributed by atoms with Crippen LogP contribution < -0.4 is 0 Å². The van der Waals surface area contributed by atoms with Gasteiger partial charge in [0.25, 0.3) is 0 Å². The monoisotopic (exact) mass is 408 g/mol. The Morgan fingerprint density at radius 3 is 2.28 bits per heavy atom. The van der Waals surface area contributed by atoms with Crippen LogP contribution in [0.4, 0.5) is 0 Å². The van der Waals surface area contributed by atoms with E-state index in [0.717, 1.165) is 44.9 Å². The molecule has 4 aliphatic rings. The molecule has 4 N–H and O–H groups in total. The number of carboxylic acids is 1. The van der Waals surface area contributed by atoms with Gasteiger partial charge in [-0.1, -0.05) is 20.8 Å². The summed E-state index contributed by atoms with van der Waals surface area (Å²) in [7, 11) is 0. The van der Waals surface area contributed by atoms with Crippen LogP contribution in [0.1, 0.15) is 78.6 Å². The molecule has 0 heterocycles. The zero-order valence-corrected chi connectivity index (χ0v) is 18.3. The molecule has 4 aliphatic carbocycles. The van der Waals surface area contributed by atoms with Crippen molar-refractivity contribution in [3.63, 3.8) is 0 Å². The highest BCUT2D eigenvalue weighted by atomic mass is 16.4. The second kappa shape index (κ2) is 7.49. The average molecular weight is 409 g/mol. The summed E-state index contributed by atoms with van der Waals surface area (Å²) in [6, 6.07) is 0. The van der Waals surface area contributed by atoms with Crippen LogP contribution in [0.5, 0.6) is 0 Å². The third kappa shape index (κ3) is 3.27. The van der Waals surface area contributed by atoms with Crippen molar-refractivity contribution in [3.05, 3.63) is 0 Å². The number of fused-ring (bicyclic) bond motifs is 5. The highest BCUT2D eigenvalue weighted by Crippen LogP contribution is 2.68. The van der Waals surface area contributed by atoms with Crippen LogP contribution in [0, 0.1) is 46.3 Å². The number of hydrogen-bond donors (Lipinski definition) is 4. The van der Waals surface area contributed by atoms with Crippen molar-refractivity contribution in [2.75, 3.05) is 0 Å². The highest BCUT2D eigenvalue weighted by molar-refractivity contribution is 5.66. The van der Waals surface area contributed by atoms with Gasteiger partial charge in [0.1, 0.15) is 0 Å². The van der Waals surface area contributed by atoms with Crippen LogP contribution in [-0.4, -0.2) is 44.7 Å². The molecule has 0 bridgehead atoms. The van der Waals surface area contributed by atoms with Crippen LogP contribution >= 0.6 is 0 Å². The van der Waals surface area contributed by atoms with E-state index in [1.54, 1.807) is 0 Å². The molecule has 0 aliphatic heterocycles. The summed E-state index contributed by atoms with van der Waals surface area (Å²) in [5.41, 5.74) is 0.119. The minimum absolute atomic E-state index is 0.00309. The number of aliphatic hydroxyl groups excluding tert-OH is 3. The number of rotatable bonds is 4. The largest absolute Gasteiger partial charge is 0.481 e. The van der Waals surface area contributed by atoms with Crippen molar-refractivity contribution < 1.29 is 25.2 Å². The number of aliphatic carboxylic acids is 1. The Hall–Kier alpha value is -0.650. The maximum atomic E-state index is 11.3. The topological polar surface area (TPSA) is 98.0 Å². The fourth-order valence-corrected chi connectivity index (χ4v) is 8.77. The second-order valence-corrected chi connectivity index (χ2v) is 11.5. The van der Waals surface area contributed by atoms with Crippen molar-refractivity contribution in [1.29, 1.82) is 0 Å². The van der Waals surface area contributed by atoms with Crippen LogP contribution in [-0.2, 0) is 4.79 Å². The number of carboxylic acid groups (broad SMARTS) is 1. The molecule has 0 aromatic rings. The molecule has 0 aromatic heterocycles. The summed E-state index contributed by atoms with van der Waals surface area (Å²) in [6.45, 7) is 6.89. The van der Waals surface area contributed by atoms with Crippen LogP contribution in [0.3, 0.4) is 0 Å². The number of carbonyl (C=O) groups is 1. The number of hydrogen-bond acceptors (Lipinski definition) is 4. The first-order chi connectivity index (χ1) is 13.6. The molecule has 29 heavy (non-hydrogen) atoms. The summed E-state index contributed by atoms with van der Waals surface area (Å²) in [5, 5.41) is 41.7. The molecule has 0 saturated heterocycles. The molecular weight excluding hydrogens is 368 g/mol. The molecule has 4 rings (SSSR count). The maximum absolute atomic E-state index is 11.3. The molecular formula is C24H40O5. The fraction of sp³-hybridized carbons (Fsp3) is 0.958. The summed E-state index contributed by atoms with van der Waals surface area (Å²) >= 11 is 0. The first kappa shape index (κ1) is 21.6. The molecule has 166 valence electrons. The molecule has 5 heteroatoms. The lowest BCUT2D eigenvalue weighted by molar-refractivity contribution is -0.223. The van der Waals surface area contributed by atoms with Crippen LogP contribution in [0.25, 0.3) is 0 Å². The summed E-state index contributed by atoms with van der Waals surface area (Å²) in [5.74, 6) is 1.06. The Labute approximate surface area is 174 Å². The Balaban J connectivity index is 1.59. The van der Waals surface area contributed by atoms with Gasteiger partial charge in [0.05, 0.1) is 18.3 Å². The van der Waals surface area contributed by atoms with E-state index in [2.05, 4.69) is 20.8 Å². The van der Waals surface area contributed by atoms with E-state index in [1.165, 1.54) is 0 Å². The van der Waals surface area contributed by atoms with Gasteiger partial charge in [0.15, 0.2) is 0 Å². The fourth-order valence-electron chi connectivity index (χ4n) is 8.77. The molecule has 0 radical (unpaired) electrons. The van der Waals surface area contributed by atoms with E-state index in [-0.39, 0.29) is 35.2 Å². The van der Waals surface area contributed by atoms with E-state index < -0.39 is 18.2 Å². The zero-order chi connectivity index (χ0) is 21.1. The molecule has 4 unspecified atom stereocenters. The quantitative estimate of drug-likeness (QED) is 0.571. The van der Waals surface area contributed by atoms with Gasteiger partial charge in [0, 0.05) is 6.42 Å². The van der Waals surface area contributed by atoms with Crippen molar-refractivity contribution in [1.82, 2.24) is 0 Å². The van der Waals surface area contributed by atoms with E-state index in [1.807, 2.05) is 0 Å². The SMILES string of the molecule is C[C@H](CCC(=O)O)C1CC[C@H]2[C@@H]3C(O)C(O)C4C[C@H](O)CC[C@]4(C)[C@H]3CC[C@]12C. The minimum Gasteiger partial charge on any atom is -0.481 e. The predicted octanol–water partition coefficient (Wildman–Crippen LogP) is 3.45. The summed E-state index contributed by atoms with van der Waals surface area (Å²) in [4.78, 5) is 11.1. The van der Waals surface area contributed by atoms with Gasteiger partial charge >= 0.3 is 5.97 Å². The molecule has 0 amide bonds. The second-order valence-electron chi connectivity index (χ2n) is 11.5. The molecule has 0 aromatic carbocycles. The Morgan fingerprint density at radius 2 is 1.59 bits per heavy atom. The molecule has 5 nitrogen and oxygen atoms in total. The van der Waals surface area contributed by atoms with Gasteiger partial charge in [-0.3, -0.25) is 4.79 Å². The average Bonchev–Trinajstić information content (AvgIpc) is 3.02. The van der Waals surface area contributed by atoms with Gasteiger partial charge < -0.3 is 20.4 Å². The van der Waals surface area contributed by atoms with Crippen molar-refractivity contribution >= 4 is 5.97 Å². The lowest BCUT2D eigenvalue weighted by atomic mass is 9.43. The van der Waals surface area contributed by atoms with E-state index >= 15 is 0 Å². The van der Waals surface area contributed by atoms with Crippen molar-refractivity contribution in [2.45, 2.75) is 96.9 Å². The third-order valence-corrected chi connectivity index (χ3v) is 10.3. The van der Waals surface area contributed by atoms with Gasteiger partial charge in [-0.15, -0.1) is 0 Å². The third-order valence-electron chi connectivity index (χ3n) is 10.3. The van der Waals surface area contributed by atoms with Crippen LogP contribution in [0.15, 0.2) is 0 Å². The predicted molar refractivity (Wildman–Crippen MR) is 110 cm³/mol. The lowest BCUT2D eigenvalue weighted by Crippen LogP contribution is -2.64. The van der Waals surface area contributed by atoms with E-state index in [0.29, 0.717) is 30.1 Å². The molecule has 11 atom stereocenters. The highest BCUT2D eigenvalue weighted by Gasteiger charge is 2.65. The molecule has 4 fully saturated rings. The molecule has 0 spiro atoms. The standard InChI is InChI=1S/C24H40O5/c1-13(4-7-19(26)27)15-5-6-16-20-17(9-11-23(15,16)2)24(3)10-8-14(25)12-18(24)21(28)22(20)29/h13-18,20-22,25,28-29H,4-12H2,1-3H3,(H,26,27)/t13-,14-,15?,16+,17+,18?,20+,21?,22?,23-,24-/m1/s1. The summed E-state index contributed by atoms with van der Waals surface area (Å²) in [6.07, 6.45) is 5.87. The zero-order valence-electron chi connectivity index (χ0n) is 18.3. The maximum Gasteiger partial charge on any atom is 0.303 e. The van der Waals surface area contributed by atoms with Crippen molar-refractivity contribution in [3.8, 4) is 0 Å². The minimum atomic E-state index is -0.748. The van der Waals surface area contributed by atoms with Gasteiger partial charge in [-0.05, 0) is 97.7 Å². The van der Waals surface area contributed by atoms with Gasteiger partial charge in [0.2, 0.25) is 0 Å². The smallest absolute Gasteiger partial charge is 0.303 e. The van der Waals surface area contributed by atoms with Gasteiger partial charge in [-0.2, -0.15) is 0 Å². The Kier molecular flexibility index (Phi) is 5.57. The lowest BCUT2D eigenvalue weighted by Gasteiger charge is -2.63. The normalized spacial score (nSPS) is 52.9. The first-order valence-corrected chi connectivity index (χ1v) is 11.9. The first-order valence-electron chi connectivity index (χ1n) is 11.9.